The molecule has 0 spiro atoms. The van der Waals surface area contributed by atoms with Crippen molar-refractivity contribution < 1.29 is 52.5 Å². The molecule has 10 atom stereocenters. The lowest BCUT2D eigenvalue weighted by Gasteiger charge is -2.50. The summed E-state index contributed by atoms with van der Waals surface area (Å²) in [7, 11) is 0. The summed E-state index contributed by atoms with van der Waals surface area (Å²) in [5.41, 5.74) is 5.62. The normalized spacial score (nSPS) is 24.9. The summed E-state index contributed by atoms with van der Waals surface area (Å²) in [6.07, 6.45) is -8.96. The monoisotopic (exact) mass is 923 g/mol. The molecule has 0 unspecified atom stereocenters. The minimum absolute atomic E-state index is 0.0471. The van der Waals surface area contributed by atoms with Crippen LogP contribution in [-0.2, 0) is 87.1 Å². The average Bonchev–Trinajstić information content (AvgIpc) is 3.37. The highest BCUT2D eigenvalue weighted by Crippen LogP contribution is 2.35. The molecule has 6 aromatic rings. The van der Waals surface area contributed by atoms with E-state index in [1.807, 2.05) is 182 Å². The van der Waals surface area contributed by atoms with Crippen LogP contribution in [0.4, 0.5) is 0 Å². The van der Waals surface area contributed by atoms with Crippen molar-refractivity contribution in [1.29, 1.82) is 0 Å². The van der Waals surface area contributed by atoms with E-state index in [1.165, 1.54) is 6.92 Å². The van der Waals surface area contributed by atoms with E-state index in [-0.39, 0.29) is 45.5 Å². The number of carbonyl (C=O) groups is 1. The van der Waals surface area contributed by atoms with Crippen molar-refractivity contribution in [1.82, 2.24) is 5.32 Å². The maximum absolute atomic E-state index is 13.4. The molecule has 0 aromatic heterocycles. The van der Waals surface area contributed by atoms with Crippen molar-refractivity contribution in [3.8, 4) is 0 Å². The van der Waals surface area contributed by atoms with Gasteiger partial charge in [0.25, 0.3) is 0 Å². The number of hydrogen-bond acceptors (Lipinski definition) is 11. The van der Waals surface area contributed by atoms with Gasteiger partial charge in [0.15, 0.2) is 12.6 Å². The van der Waals surface area contributed by atoms with E-state index >= 15 is 0 Å². The van der Waals surface area contributed by atoms with E-state index in [4.69, 9.17) is 42.6 Å². The van der Waals surface area contributed by atoms with Gasteiger partial charge in [-0.15, -0.1) is 0 Å². The van der Waals surface area contributed by atoms with Gasteiger partial charge in [0.05, 0.1) is 52.9 Å². The SMILES string of the molecule is CC(=O)N[C@H]1[C@H](O[C@@H]2[C@@H](OCc3ccccc3)[C@H](O)O[C@H](COCc3ccccc3)[C@H]2OCc2ccccc2)O[C@H](COCc2ccccc2)[C@@H](OCc2ccccc2)[C@@H]1OCc1ccccc1. The summed E-state index contributed by atoms with van der Waals surface area (Å²) < 4.78 is 60.4. The Hall–Kier alpha value is -5.61. The maximum atomic E-state index is 13.4. The van der Waals surface area contributed by atoms with Crippen LogP contribution >= 0.6 is 0 Å². The Labute approximate surface area is 399 Å². The number of benzene rings is 6. The number of hydrogen-bond donors (Lipinski definition) is 2. The van der Waals surface area contributed by atoms with Crippen LogP contribution in [0.3, 0.4) is 0 Å². The number of aliphatic hydroxyl groups excluding tert-OH is 1. The molecule has 0 aliphatic carbocycles. The smallest absolute Gasteiger partial charge is 0.217 e. The quantitative estimate of drug-likeness (QED) is 0.0647. The van der Waals surface area contributed by atoms with Crippen molar-refractivity contribution in [3.05, 3.63) is 215 Å². The van der Waals surface area contributed by atoms with Crippen molar-refractivity contribution >= 4 is 5.91 Å². The first-order valence-corrected chi connectivity index (χ1v) is 23.2. The Kier molecular flexibility index (Phi) is 18.4. The molecule has 356 valence electrons. The highest BCUT2D eigenvalue weighted by molar-refractivity contribution is 5.73. The number of carbonyl (C=O) groups excluding carboxylic acids is 1. The molecule has 12 heteroatoms. The van der Waals surface area contributed by atoms with Crippen LogP contribution in [-0.4, -0.2) is 85.6 Å². The van der Waals surface area contributed by atoms with Gasteiger partial charge in [-0.05, 0) is 33.4 Å². The summed E-state index contributed by atoms with van der Waals surface area (Å²) in [6.45, 7) is 2.91. The highest BCUT2D eigenvalue weighted by atomic mass is 16.7. The second-order valence-corrected chi connectivity index (χ2v) is 17.0. The third-order valence-corrected chi connectivity index (χ3v) is 11.8. The summed E-state index contributed by atoms with van der Waals surface area (Å²) in [6, 6.07) is 57.8. The first-order valence-electron chi connectivity index (χ1n) is 23.2. The highest BCUT2D eigenvalue weighted by Gasteiger charge is 2.54. The summed E-state index contributed by atoms with van der Waals surface area (Å²) in [4.78, 5) is 13.4. The fourth-order valence-electron chi connectivity index (χ4n) is 8.46. The topological polar surface area (TPSA) is 132 Å². The van der Waals surface area contributed by atoms with Crippen LogP contribution in [0.1, 0.15) is 40.3 Å². The van der Waals surface area contributed by atoms with Crippen molar-refractivity contribution in [2.24, 2.45) is 0 Å². The summed E-state index contributed by atoms with van der Waals surface area (Å²) in [5.74, 6) is -0.339. The molecule has 68 heavy (non-hydrogen) atoms. The predicted molar refractivity (Wildman–Crippen MR) is 254 cm³/mol. The number of nitrogens with one attached hydrogen (secondary N) is 1. The standard InChI is InChI=1S/C56H61NO11/c1-40(58)57-49-52(64-36-45-28-16-6-17-29-45)50(62-34-43-24-12-4-13-25-43)48(39-61-33-42-22-10-3-11-23-42)67-56(49)68-53-51(63-35-44-26-14-5-15-27-44)47(38-60-32-41-20-8-2-9-21-41)66-55(59)54(53)65-37-46-30-18-7-19-31-46/h2-31,47-56,59H,32-39H2,1H3,(H,57,58)/t47-,48-,49-,50-,51-,52-,53+,54-,55-,56+/m1/s1. The average molecular weight is 924 g/mol. The van der Waals surface area contributed by atoms with Gasteiger partial charge < -0.3 is 53.1 Å². The Balaban J connectivity index is 1.16. The van der Waals surface area contributed by atoms with Crippen LogP contribution in [0, 0.1) is 0 Å². The number of aliphatic hydroxyl groups is 1. The van der Waals surface area contributed by atoms with E-state index in [9.17, 15) is 9.90 Å². The Morgan fingerprint density at radius 2 is 0.765 bits per heavy atom. The minimum atomic E-state index is -1.48. The molecule has 8 rings (SSSR count). The van der Waals surface area contributed by atoms with E-state index in [2.05, 4.69) is 5.32 Å². The van der Waals surface area contributed by atoms with Gasteiger partial charge in [-0.2, -0.15) is 0 Å². The maximum Gasteiger partial charge on any atom is 0.217 e. The van der Waals surface area contributed by atoms with Crippen LogP contribution in [0.25, 0.3) is 0 Å². The largest absolute Gasteiger partial charge is 0.374 e. The molecular weight excluding hydrogens is 863 g/mol. The number of ether oxygens (including phenoxy) is 9. The van der Waals surface area contributed by atoms with Crippen LogP contribution in [0.5, 0.6) is 0 Å². The Morgan fingerprint density at radius 1 is 0.441 bits per heavy atom. The first-order chi connectivity index (χ1) is 33.5. The molecule has 0 saturated carbocycles. The van der Waals surface area contributed by atoms with Gasteiger partial charge in [0, 0.05) is 6.92 Å². The van der Waals surface area contributed by atoms with Crippen LogP contribution in [0.2, 0.25) is 0 Å². The second kappa shape index (κ2) is 25.7. The Bertz CT molecular complexity index is 2330. The molecule has 0 bridgehead atoms. The summed E-state index contributed by atoms with van der Waals surface area (Å²) >= 11 is 0. The summed E-state index contributed by atoms with van der Waals surface area (Å²) in [5, 5.41) is 15.1. The number of rotatable bonds is 23. The van der Waals surface area contributed by atoms with Crippen molar-refractivity contribution in [2.45, 2.75) is 108 Å². The lowest BCUT2D eigenvalue weighted by atomic mass is 9.94. The zero-order valence-electron chi connectivity index (χ0n) is 38.3. The molecule has 2 fully saturated rings. The van der Waals surface area contributed by atoms with Crippen molar-refractivity contribution in [2.75, 3.05) is 13.2 Å². The third-order valence-electron chi connectivity index (χ3n) is 11.8. The second-order valence-electron chi connectivity index (χ2n) is 17.0. The lowest BCUT2D eigenvalue weighted by Crippen LogP contribution is -2.69. The molecule has 2 aliphatic heterocycles. The molecule has 0 radical (unpaired) electrons. The van der Waals surface area contributed by atoms with Gasteiger partial charge in [0.1, 0.15) is 48.8 Å². The number of amides is 1. The van der Waals surface area contributed by atoms with E-state index in [1.54, 1.807) is 0 Å². The fraction of sp³-hybridized carbons (Fsp3) is 0.339. The zero-order valence-corrected chi connectivity index (χ0v) is 38.3. The predicted octanol–water partition coefficient (Wildman–Crippen LogP) is 8.09. The Morgan fingerprint density at radius 3 is 1.15 bits per heavy atom. The molecule has 12 nitrogen and oxygen atoms in total. The van der Waals surface area contributed by atoms with Gasteiger partial charge in [-0.25, -0.2) is 0 Å². The molecule has 2 aliphatic rings. The molecule has 6 aromatic carbocycles. The molecule has 2 N–H and O–H groups in total. The molecule has 2 saturated heterocycles. The van der Waals surface area contributed by atoms with Gasteiger partial charge in [0.2, 0.25) is 5.91 Å². The lowest BCUT2D eigenvalue weighted by molar-refractivity contribution is -0.358. The van der Waals surface area contributed by atoms with Crippen LogP contribution in [0.15, 0.2) is 182 Å². The van der Waals surface area contributed by atoms with Crippen molar-refractivity contribution in [3.63, 3.8) is 0 Å². The van der Waals surface area contributed by atoms with Crippen LogP contribution < -0.4 is 5.32 Å². The van der Waals surface area contributed by atoms with E-state index < -0.39 is 61.3 Å². The fourth-order valence-corrected chi connectivity index (χ4v) is 8.46. The molecular formula is C56H61NO11. The van der Waals surface area contributed by atoms with E-state index in [0.29, 0.717) is 13.2 Å². The molecule has 1 amide bonds. The van der Waals surface area contributed by atoms with Gasteiger partial charge >= 0.3 is 0 Å². The zero-order chi connectivity index (χ0) is 46.8. The first kappa shape index (κ1) is 48.8. The van der Waals surface area contributed by atoms with E-state index in [0.717, 1.165) is 33.4 Å². The minimum Gasteiger partial charge on any atom is -0.374 e. The third kappa shape index (κ3) is 14.2. The van der Waals surface area contributed by atoms with Gasteiger partial charge in [-0.1, -0.05) is 182 Å². The van der Waals surface area contributed by atoms with Gasteiger partial charge in [-0.3, -0.25) is 4.79 Å². The molecule has 2 heterocycles.